The van der Waals surface area contributed by atoms with Gasteiger partial charge in [-0.3, -0.25) is 4.90 Å². The van der Waals surface area contributed by atoms with Crippen molar-refractivity contribution in [3.63, 3.8) is 0 Å². The number of aromatic nitrogens is 2. The van der Waals surface area contributed by atoms with E-state index in [1.54, 1.807) is 0 Å². The summed E-state index contributed by atoms with van der Waals surface area (Å²) < 4.78 is 59.5. The highest BCUT2D eigenvalue weighted by Gasteiger charge is 2.25. The van der Waals surface area contributed by atoms with E-state index in [9.17, 15) is 17.6 Å². The second-order valence-electron chi connectivity index (χ2n) is 9.15. The topological polar surface area (TPSA) is 65.6 Å². The van der Waals surface area contributed by atoms with Crippen molar-refractivity contribution in [2.75, 3.05) is 49.5 Å². The molecule has 3 heterocycles. The number of nitrogens with one attached hydrogen (secondary N) is 2. The third-order valence-corrected chi connectivity index (χ3v) is 6.84. The van der Waals surface area contributed by atoms with Crippen molar-refractivity contribution in [1.29, 1.82) is 0 Å². The highest BCUT2D eigenvalue weighted by Crippen LogP contribution is 2.26. The van der Waals surface area contributed by atoms with Gasteiger partial charge >= 0.3 is 0 Å². The van der Waals surface area contributed by atoms with Gasteiger partial charge in [-0.1, -0.05) is 0 Å². The number of rotatable bonds is 7. The highest BCUT2D eigenvalue weighted by atomic mass is 19.2. The Morgan fingerprint density at radius 1 is 0.892 bits per heavy atom. The van der Waals surface area contributed by atoms with Crippen molar-refractivity contribution >= 4 is 17.3 Å². The van der Waals surface area contributed by atoms with E-state index in [1.165, 1.54) is 18.1 Å². The molecule has 2 saturated heterocycles. The van der Waals surface area contributed by atoms with Crippen molar-refractivity contribution in [3.05, 3.63) is 71.6 Å². The van der Waals surface area contributed by atoms with Gasteiger partial charge in [0.25, 0.3) is 0 Å². The quantitative estimate of drug-likeness (QED) is 0.360. The number of piperidine rings is 1. The second-order valence-corrected chi connectivity index (χ2v) is 9.15. The predicted octanol–water partition coefficient (Wildman–Crippen LogP) is 4.23. The summed E-state index contributed by atoms with van der Waals surface area (Å²) in [6.07, 6.45) is 4.93. The molecule has 0 saturated carbocycles. The van der Waals surface area contributed by atoms with Gasteiger partial charge < -0.3 is 20.3 Å². The van der Waals surface area contributed by atoms with E-state index in [0.717, 1.165) is 57.8 Å². The van der Waals surface area contributed by atoms with E-state index in [0.29, 0.717) is 12.0 Å². The molecule has 1 aromatic heterocycles. The highest BCUT2D eigenvalue weighted by molar-refractivity contribution is 5.59. The Balaban J connectivity index is 1.13. The molecule has 2 fully saturated rings. The van der Waals surface area contributed by atoms with Crippen LogP contribution in [0.2, 0.25) is 0 Å². The van der Waals surface area contributed by atoms with Crippen LogP contribution in [0.1, 0.15) is 18.4 Å². The maximum absolute atomic E-state index is 13.8. The number of benzene rings is 2. The van der Waals surface area contributed by atoms with Crippen molar-refractivity contribution in [2.24, 2.45) is 0 Å². The lowest BCUT2D eigenvalue weighted by atomic mass is 10.0. The first-order chi connectivity index (χ1) is 18.0. The van der Waals surface area contributed by atoms with E-state index in [-0.39, 0.29) is 11.8 Å². The van der Waals surface area contributed by atoms with Gasteiger partial charge in [0.15, 0.2) is 29.0 Å². The number of ether oxygens (including phenoxy) is 1. The second kappa shape index (κ2) is 11.3. The molecule has 0 atom stereocenters. The summed E-state index contributed by atoms with van der Waals surface area (Å²) in [5, 5.41) is 6.50. The summed E-state index contributed by atoms with van der Waals surface area (Å²) in [6, 6.07) is 8.85. The van der Waals surface area contributed by atoms with E-state index in [2.05, 4.69) is 42.5 Å². The van der Waals surface area contributed by atoms with Gasteiger partial charge in [0.1, 0.15) is 6.61 Å². The fourth-order valence-corrected chi connectivity index (χ4v) is 4.78. The minimum atomic E-state index is -1.49. The minimum Gasteiger partial charge on any atom is -0.485 e. The molecule has 11 heteroatoms. The molecule has 2 aliphatic rings. The molecule has 5 rings (SSSR count). The zero-order valence-electron chi connectivity index (χ0n) is 20.2. The van der Waals surface area contributed by atoms with Crippen molar-refractivity contribution < 1.29 is 22.3 Å². The van der Waals surface area contributed by atoms with Gasteiger partial charge in [-0.15, -0.1) is 0 Å². The molecule has 7 nitrogen and oxygen atoms in total. The summed E-state index contributed by atoms with van der Waals surface area (Å²) in [5.74, 6) is -5.58. The maximum Gasteiger partial charge on any atom is 0.227 e. The van der Waals surface area contributed by atoms with Crippen LogP contribution >= 0.6 is 0 Å². The molecule has 0 bridgehead atoms. The van der Waals surface area contributed by atoms with Crippen LogP contribution in [0.3, 0.4) is 0 Å². The zero-order valence-corrected chi connectivity index (χ0v) is 20.2. The summed E-state index contributed by atoms with van der Waals surface area (Å²) in [6.45, 7) is 5.75. The number of nitrogens with zero attached hydrogens (tertiary/aromatic N) is 4. The van der Waals surface area contributed by atoms with Gasteiger partial charge in [0.2, 0.25) is 5.95 Å². The molecule has 3 aromatic rings. The molecule has 0 radical (unpaired) electrons. The number of hydrogen-bond acceptors (Lipinski definition) is 7. The average Bonchev–Trinajstić information content (AvgIpc) is 2.94. The van der Waals surface area contributed by atoms with Crippen LogP contribution in [-0.4, -0.2) is 60.2 Å². The first-order valence-electron chi connectivity index (χ1n) is 12.3. The van der Waals surface area contributed by atoms with Crippen molar-refractivity contribution in [3.8, 4) is 5.75 Å². The Kier molecular flexibility index (Phi) is 7.71. The number of piperazine rings is 1. The molecular formula is C26H28F4N6O. The van der Waals surface area contributed by atoms with Gasteiger partial charge in [-0.25, -0.2) is 27.5 Å². The van der Waals surface area contributed by atoms with Crippen molar-refractivity contribution in [2.45, 2.75) is 25.5 Å². The molecule has 0 aliphatic carbocycles. The third kappa shape index (κ3) is 5.94. The number of anilines is 3. The first kappa shape index (κ1) is 25.2. The lowest BCUT2D eigenvalue weighted by Crippen LogP contribution is -2.52. The molecule has 2 aliphatic heterocycles. The predicted molar refractivity (Wildman–Crippen MR) is 132 cm³/mol. The maximum atomic E-state index is 13.8. The fourth-order valence-electron chi connectivity index (χ4n) is 4.78. The summed E-state index contributed by atoms with van der Waals surface area (Å²) in [7, 11) is 0. The standard InChI is InChI=1S/C26H28F4N6O/c27-22-13-23(28)25(30)21(24(22)29)16-37-20-14-32-26(33-15-20)34-17-1-3-18(4-2-17)35-9-5-19(6-10-35)36-11-7-31-8-12-36/h1-4,13-15,19,31H,5-12,16H2,(H,32,33,34). The average molecular weight is 517 g/mol. The van der Waals surface area contributed by atoms with Gasteiger partial charge in [0, 0.05) is 62.8 Å². The van der Waals surface area contributed by atoms with E-state index in [1.807, 2.05) is 12.1 Å². The number of hydrogen-bond donors (Lipinski definition) is 2. The lowest BCUT2D eigenvalue weighted by Gasteiger charge is -2.41. The minimum absolute atomic E-state index is 0.0913. The molecule has 0 unspecified atom stereocenters. The molecule has 196 valence electrons. The van der Waals surface area contributed by atoms with E-state index in [4.69, 9.17) is 4.74 Å². The zero-order chi connectivity index (χ0) is 25.8. The summed E-state index contributed by atoms with van der Waals surface area (Å²) in [4.78, 5) is 13.3. The Labute approximate surface area is 212 Å². The van der Waals surface area contributed by atoms with Gasteiger partial charge in [-0.2, -0.15) is 0 Å². The molecule has 2 N–H and O–H groups in total. The summed E-state index contributed by atoms with van der Waals surface area (Å²) in [5.41, 5.74) is 1.13. The van der Waals surface area contributed by atoms with Crippen LogP contribution < -0.4 is 20.3 Å². The SMILES string of the molecule is Fc1cc(F)c(F)c(COc2cnc(Nc3ccc(N4CCC(N5CCNCC5)CC4)cc3)nc2)c1F. The molecule has 0 spiro atoms. The van der Waals surface area contributed by atoms with Crippen LogP contribution in [0.25, 0.3) is 0 Å². The van der Waals surface area contributed by atoms with E-state index < -0.39 is 35.4 Å². The first-order valence-corrected chi connectivity index (χ1v) is 12.3. The summed E-state index contributed by atoms with van der Waals surface area (Å²) >= 11 is 0. The molecule has 0 amide bonds. The van der Waals surface area contributed by atoms with Gasteiger partial charge in [-0.05, 0) is 37.1 Å². The molecular weight excluding hydrogens is 488 g/mol. The van der Waals surface area contributed by atoms with Crippen LogP contribution in [0, 0.1) is 23.3 Å². The fraction of sp³-hybridized carbons (Fsp3) is 0.385. The Hall–Kier alpha value is -3.44. The Bertz CT molecular complexity index is 1170. The van der Waals surface area contributed by atoms with Crippen LogP contribution in [-0.2, 0) is 6.61 Å². The number of halogens is 4. The Morgan fingerprint density at radius 2 is 1.51 bits per heavy atom. The van der Waals surface area contributed by atoms with E-state index >= 15 is 0 Å². The lowest BCUT2D eigenvalue weighted by molar-refractivity contribution is 0.150. The normalized spacial score (nSPS) is 17.1. The van der Waals surface area contributed by atoms with Gasteiger partial charge in [0.05, 0.1) is 18.0 Å². The third-order valence-electron chi connectivity index (χ3n) is 6.84. The smallest absolute Gasteiger partial charge is 0.227 e. The van der Waals surface area contributed by atoms with Crippen LogP contribution in [0.15, 0.2) is 42.7 Å². The van der Waals surface area contributed by atoms with Crippen LogP contribution in [0.5, 0.6) is 5.75 Å². The van der Waals surface area contributed by atoms with Crippen LogP contribution in [0.4, 0.5) is 34.9 Å². The van der Waals surface area contributed by atoms with Crippen molar-refractivity contribution in [1.82, 2.24) is 20.2 Å². The largest absolute Gasteiger partial charge is 0.485 e. The molecule has 37 heavy (non-hydrogen) atoms. The monoisotopic (exact) mass is 516 g/mol. The Morgan fingerprint density at radius 3 is 2.14 bits per heavy atom. The molecule has 2 aromatic carbocycles.